The van der Waals surface area contributed by atoms with Crippen LogP contribution in [0, 0.1) is 5.92 Å². The molecular formula is C15H27N3O2S. The monoisotopic (exact) mass is 313 g/mol. The molecule has 0 radical (unpaired) electrons. The highest BCUT2D eigenvalue weighted by atomic mass is 32.2. The fourth-order valence-electron chi connectivity index (χ4n) is 2.56. The minimum Gasteiger partial charge on any atom is -0.352 e. The lowest BCUT2D eigenvalue weighted by molar-refractivity contribution is 0.571. The van der Waals surface area contributed by atoms with Crippen molar-refractivity contribution in [3.8, 4) is 0 Å². The number of aromatic nitrogens is 1. The highest BCUT2D eigenvalue weighted by Gasteiger charge is 2.39. The molecule has 0 spiro atoms. The van der Waals surface area contributed by atoms with E-state index in [1.54, 1.807) is 12.3 Å². The maximum absolute atomic E-state index is 12.4. The highest BCUT2D eigenvalue weighted by molar-refractivity contribution is 7.89. The summed E-state index contributed by atoms with van der Waals surface area (Å²) in [6, 6.07) is 2.27. The Bertz CT molecular complexity index is 578. The van der Waals surface area contributed by atoms with Crippen LogP contribution < -0.4 is 10.0 Å². The molecule has 1 aromatic rings. The van der Waals surface area contributed by atoms with Gasteiger partial charge in [-0.25, -0.2) is 13.1 Å². The predicted molar refractivity (Wildman–Crippen MR) is 84.5 cm³/mol. The van der Waals surface area contributed by atoms with Gasteiger partial charge in [-0.15, -0.1) is 0 Å². The zero-order valence-electron chi connectivity index (χ0n) is 13.4. The number of aryl methyl sites for hydroxylation is 1. The van der Waals surface area contributed by atoms with Gasteiger partial charge in [0, 0.05) is 37.6 Å². The first-order chi connectivity index (χ1) is 9.83. The van der Waals surface area contributed by atoms with E-state index in [1.165, 1.54) is 0 Å². The summed E-state index contributed by atoms with van der Waals surface area (Å²) in [4.78, 5) is 0.368. The van der Waals surface area contributed by atoms with Crippen molar-refractivity contribution in [1.29, 1.82) is 0 Å². The van der Waals surface area contributed by atoms with Gasteiger partial charge >= 0.3 is 0 Å². The van der Waals surface area contributed by atoms with E-state index >= 15 is 0 Å². The molecular weight excluding hydrogens is 286 g/mol. The van der Waals surface area contributed by atoms with Gasteiger partial charge in [0.05, 0.1) is 4.90 Å². The first-order valence-electron chi connectivity index (χ1n) is 7.74. The molecule has 0 bridgehead atoms. The van der Waals surface area contributed by atoms with Crippen molar-refractivity contribution in [3.05, 3.63) is 18.0 Å². The first kappa shape index (κ1) is 16.5. The molecule has 0 saturated heterocycles. The fraction of sp³-hybridized carbons (Fsp3) is 0.733. The van der Waals surface area contributed by atoms with Gasteiger partial charge in [-0.2, -0.15) is 0 Å². The van der Waals surface area contributed by atoms with Crippen LogP contribution in [0.25, 0.3) is 0 Å². The molecule has 1 heterocycles. The van der Waals surface area contributed by atoms with Gasteiger partial charge in [-0.05, 0) is 24.8 Å². The Morgan fingerprint density at radius 1 is 1.43 bits per heavy atom. The molecule has 6 heteroatoms. The second kappa shape index (κ2) is 6.50. The molecule has 1 aliphatic rings. The number of nitrogens with zero attached hydrogens (tertiary/aromatic N) is 1. The minimum atomic E-state index is -3.39. The van der Waals surface area contributed by atoms with Gasteiger partial charge in [0.2, 0.25) is 10.0 Å². The van der Waals surface area contributed by atoms with E-state index in [4.69, 9.17) is 0 Å². The summed E-state index contributed by atoms with van der Waals surface area (Å²) in [6.07, 6.45) is 4.88. The molecule has 1 aliphatic carbocycles. The van der Waals surface area contributed by atoms with Crippen LogP contribution in [0.15, 0.2) is 17.2 Å². The van der Waals surface area contributed by atoms with Gasteiger partial charge in [0.15, 0.2) is 0 Å². The molecule has 2 unspecified atom stereocenters. The topological polar surface area (TPSA) is 63.1 Å². The summed E-state index contributed by atoms with van der Waals surface area (Å²) in [5, 5.41) is 3.31. The molecule has 5 nitrogen and oxygen atoms in total. The summed E-state index contributed by atoms with van der Waals surface area (Å²) < 4.78 is 29.5. The van der Waals surface area contributed by atoms with Crippen LogP contribution in [-0.4, -0.2) is 25.1 Å². The van der Waals surface area contributed by atoms with E-state index in [1.807, 2.05) is 11.6 Å². The second-order valence-electron chi connectivity index (χ2n) is 6.33. The van der Waals surface area contributed by atoms with E-state index in [0.29, 0.717) is 23.4 Å². The first-order valence-corrected chi connectivity index (χ1v) is 9.22. The van der Waals surface area contributed by atoms with Crippen molar-refractivity contribution >= 4 is 10.0 Å². The average Bonchev–Trinajstić information content (AvgIpc) is 2.97. The lowest BCUT2D eigenvalue weighted by Crippen LogP contribution is -2.26. The van der Waals surface area contributed by atoms with E-state index in [9.17, 15) is 8.42 Å². The predicted octanol–water partition coefficient (Wildman–Crippen LogP) is 1.99. The Morgan fingerprint density at radius 2 is 2.14 bits per heavy atom. The SMILES string of the molecule is CCCC1CC1NS(=O)(=O)c1cc(CNC(C)C)n(C)c1. The van der Waals surface area contributed by atoms with Crippen molar-refractivity contribution < 1.29 is 8.42 Å². The van der Waals surface area contributed by atoms with Gasteiger partial charge in [0.1, 0.15) is 0 Å². The largest absolute Gasteiger partial charge is 0.352 e. The average molecular weight is 313 g/mol. The zero-order valence-corrected chi connectivity index (χ0v) is 14.2. The van der Waals surface area contributed by atoms with Crippen LogP contribution in [0.4, 0.5) is 0 Å². The summed E-state index contributed by atoms with van der Waals surface area (Å²) >= 11 is 0. The zero-order chi connectivity index (χ0) is 15.6. The Balaban J connectivity index is 2.02. The summed E-state index contributed by atoms with van der Waals surface area (Å²) in [5.41, 5.74) is 0.977. The quantitative estimate of drug-likeness (QED) is 0.771. The van der Waals surface area contributed by atoms with E-state index < -0.39 is 10.0 Å². The van der Waals surface area contributed by atoms with Crippen LogP contribution >= 0.6 is 0 Å². The van der Waals surface area contributed by atoms with Gasteiger partial charge in [-0.1, -0.05) is 27.2 Å². The number of sulfonamides is 1. The molecule has 0 aliphatic heterocycles. The van der Waals surface area contributed by atoms with Crippen LogP contribution in [-0.2, 0) is 23.6 Å². The maximum Gasteiger partial charge on any atom is 0.242 e. The molecule has 1 aromatic heterocycles. The Kier molecular flexibility index (Phi) is 5.11. The third kappa shape index (κ3) is 4.31. The van der Waals surface area contributed by atoms with E-state index in [0.717, 1.165) is 25.0 Å². The molecule has 1 saturated carbocycles. The highest BCUT2D eigenvalue weighted by Crippen LogP contribution is 2.35. The Morgan fingerprint density at radius 3 is 2.76 bits per heavy atom. The van der Waals surface area contributed by atoms with Crippen LogP contribution in [0.1, 0.15) is 45.7 Å². The molecule has 1 fully saturated rings. The van der Waals surface area contributed by atoms with Crippen molar-refractivity contribution in [2.24, 2.45) is 13.0 Å². The third-order valence-corrected chi connectivity index (χ3v) is 5.43. The van der Waals surface area contributed by atoms with Crippen molar-refractivity contribution in [3.63, 3.8) is 0 Å². The molecule has 21 heavy (non-hydrogen) atoms. The number of hydrogen-bond acceptors (Lipinski definition) is 3. The smallest absolute Gasteiger partial charge is 0.242 e. The van der Waals surface area contributed by atoms with E-state index in [2.05, 4.69) is 30.8 Å². The van der Waals surface area contributed by atoms with E-state index in [-0.39, 0.29) is 6.04 Å². The molecule has 0 amide bonds. The second-order valence-corrected chi connectivity index (χ2v) is 8.04. The van der Waals surface area contributed by atoms with Crippen molar-refractivity contribution in [2.75, 3.05) is 0 Å². The molecule has 120 valence electrons. The summed E-state index contributed by atoms with van der Waals surface area (Å²) in [5.74, 6) is 0.524. The molecule has 2 N–H and O–H groups in total. The van der Waals surface area contributed by atoms with Crippen molar-refractivity contribution in [2.45, 2.75) is 63.6 Å². The Labute approximate surface area is 128 Å². The van der Waals surface area contributed by atoms with Crippen LogP contribution in [0.3, 0.4) is 0 Å². The van der Waals surface area contributed by atoms with Gasteiger partial charge in [-0.3, -0.25) is 0 Å². The Hall–Kier alpha value is -0.850. The minimum absolute atomic E-state index is 0.132. The van der Waals surface area contributed by atoms with Crippen LogP contribution in [0.5, 0.6) is 0 Å². The summed E-state index contributed by atoms with van der Waals surface area (Å²) in [6.45, 7) is 6.95. The fourth-order valence-corrected chi connectivity index (χ4v) is 3.97. The van der Waals surface area contributed by atoms with Gasteiger partial charge in [0.25, 0.3) is 0 Å². The molecule has 2 rings (SSSR count). The maximum atomic E-state index is 12.4. The lowest BCUT2D eigenvalue weighted by Gasteiger charge is -2.08. The number of nitrogens with one attached hydrogen (secondary N) is 2. The van der Waals surface area contributed by atoms with Crippen molar-refractivity contribution in [1.82, 2.24) is 14.6 Å². The molecule has 0 aromatic carbocycles. The third-order valence-electron chi connectivity index (χ3n) is 3.97. The summed E-state index contributed by atoms with van der Waals surface area (Å²) in [7, 11) is -1.50. The molecule has 2 atom stereocenters. The standard InChI is InChI=1S/C15H27N3O2S/c1-5-6-12-7-15(12)17-21(19,20)14-8-13(18(4)10-14)9-16-11(2)3/h8,10-12,15-17H,5-7,9H2,1-4H3. The van der Waals surface area contributed by atoms with Gasteiger partial charge < -0.3 is 9.88 Å². The lowest BCUT2D eigenvalue weighted by atomic mass is 10.2. The van der Waals surface area contributed by atoms with Crippen LogP contribution in [0.2, 0.25) is 0 Å². The number of rotatable bonds is 8. The number of hydrogen-bond donors (Lipinski definition) is 2. The normalized spacial score (nSPS) is 22.0.